The highest BCUT2D eigenvalue weighted by molar-refractivity contribution is 5.78. The quantitative estimate of drug-likeness (QED) is 0.793. The molecule has 0 unspecified atom stereocenters. The van der Waals surface area contributed by atoms with E-state index in [-0.39, 0.29) is 29.2 Å². The molecular weight excluding hydrogens is 328 g/mol. The molecule has 1 fully saturated rings. The van der Waals surface area contributed by atoms with Crippen molar-refractivity contribution >= 4 is 11.8 Å². The van der Waals surface area contributed by atoms with Crippen molar-refractivity contribution < 1.29 is 14.7 Å². The maximum absolute atomic E-state index is 12.4. The van der Waals surface area contributed by atoms with Crippen LogP contribution >= 0.6 is 0 Å². The number of hydrogen-bond donors (Lipinski definition) is 2. The molecule has 2 N–H and O–H groups in total. The molecule has 5 heteroatoms. The minimum absolute atomic E-state index is 0.0474. The van der Waals surface area contributed by atoms with Gasteiger partial charge in [-0.1, -0.05) is 44.2 Å². The average Bonchev–Trinajstić information content (AvgIpc) is 2.79. The zero-order chi connectivity index (χ0) is 19.3. The summed E-state index contributed by atoms with van der Waals surface area (Å²) in [6.07, 6.45) is 2.36. The monoisotopic (exact) mass is 360 g/mol. The summed E-state index contributed by atoms with van der Waals surface area (Å²) in [5.74, 6) is -0.0782. The van der Waals surface area contributed by atoms with Gasteiger partial charge in [-0.15, -0.1) is 0 Å². The molecule has 1 aliphatic rings. The second-order valence-electron chi connectivity index (χ2n) is 7.87. The maximum atomic E-state index is 12.4. The van der Waals surface area contributed by atoms with Crippen molar-refractivity contribution in [1.82, 2.24) is 10.2 Å². The molecule has 0 spiro atoms. The van der Waals surface area contributed by atoms with Crippen molar-refractivity contribution in [2.45, 2.75) is 64.0 Å². The van der Waals surface area contributed by atoms with Gasteiger partial charge < -0.3 is 15.3 Å². The standard InChI is InChI=1S/C21H32N2O3/c1-15(2)20(26)23(4)18-10-12-21(13-11-19(18)25,14-22-16(3)24)17-8-6-5-7-9-17/h5-9,15,18-19,25H,10-14H2,1-4H3,(H,22,24)/t18-,19-,21-/m1/s1. The lowest BCUT2D eigenvalue weighted by Crippen LogP contribution is -2.45. The van der Waals surface area contributed by atoms with E-state index in [1.807, 2.05) is 32.0 Å². The topological polar surface area (TPSA) is 69.6 Å². The number of aliphatic hydroxyl groups excluding tert-OH is 1. The first kappa shape index (κ1) is 20.4. The lowest BCUT2D eigenvalue weighted by atomic mass is 9.74. The molecule has 0 saturated heterocycles. The van der Waals surface area contributed by atoms with E-state index in [1.165, 1.54) is 12.5 Å². The van der Waals surface area contributed by atoms with E-state index in [2.05, 4.69) is 17.4 Å². The Labute approximate surface area is 156 Å². The summed E-state index contributed by atoms with van der Waals surface area (Å²) >= 11 is 0. The second-order valence-corrected chi connectivity index (χ2v) is 7.87. The van der Waals surface area contributed by atoms with Crippen molar-refractivity contribution in [3.63, 3.8) is 0 Å². The van der Waals surface area contributed by atoms with Crippen LogP contribution in [0.4, 0.5) is 0 Å². The molecule has 5 nitrogen and oxygen atoms in total. The molecular formula is C21H32N2O3. The van der Waals surface area contributed by atoms with Crippen LogP contribution in [0, 0.1) is 5.92 Å². The van der Waals surface area contributed by atoms with E-state index in [9.17, 15) is 14.7 Å². The predicted octanol–water partition coefficient (Wildman–Crippen LogP) is 2.48. The van der Waals surface area contributed by atoms with Gasteiger partial charge in [0.2, 0.25) is 11.8 Å². The van der Waals surface area contributed by atoms with Crippen molar-refractivity contribution in [1.29, 1.82) is 0 Å². The highest BCUT2D eigenvalue weighted by Crippen LogP contribution is 2.39. The van der Waals surface area contributed by atoms with Crippen LogP contribution in [0.2, 0.25) is 0 Å². The van der Waals surface area contributed by atoms with E-state index in [0.717, 1.165) is 12.8 Å². The van der Waals surface area contributed by atoms with Crippen LogP contribution in [0.25, 0.3) is 0 Å². The first-order chi connectivity index (χ1) is 12.3. The smallest absolute Gasteiger partial charge is 0.225 e. The third kappa shape index (κ3) is 4.64. The molecule has 0 aliphatic heterocycles. The van der Waals surface area contributed by atoms with Crippen molar-refractivity contribution in [2.24, 2.45) is 5.92 Å². The molecule has 0 aromatic heterocycles. The van der Waals surface area contributed by atoms with Crippen molar-refractivity contribution in [2.75, 3.05) is 13.6 Å². The summed E-state index contributed by atoms with van der Waals surface area (Å²) in [5, 5.41) is 13.7. The SMILES string of the molecule is CC(=O)NC[C@]1(c2ccccc2)CC[C@@H](O)[C@H](N(C)C(=O)C(C)C)CC1. The Bertz CT molecular complexity index is 617. The van der Waals surface area contributed by atoms with E-state index >= 15 is 0 Å². The predicted molar refractivity (Wildman–Crippen MR) is 103 cm³/mol. The molecule has 1 saturated carbocycles. The second kappa shape index (κ2) is 8.67. The number of amides is 2. The summed E-state index contributed by atoms with van der Waals surface area (Å²) in [4.78, 5) is 25.7. The number of carbonyl (C=O) groups excluding carboxylic acids is 2. The highest BCUT2D eigenvalue weighted by Gasteiger charge is 2.40. The van der Waals surface area contributed by atoms with Gasteiger partial charge in [0.25, 0.3) is 0 Å². The normalized spacial score (nSPS) is 26.2. The summed E-state index contributed by atoms with van der Waals surface area (Å²) in [6.45, 7) is 5.84. The van der Waals surface area contributed by atoms with Crippen LogP contribution < -0.4 is 5.32 Å². The summed E-state index contributed by atoms with van der Waals surface area (Å²) < 4.78 is 0. The molecule has 0 radical (unpaired) electrons. The van der Waals surface area contributed by atoms with Crippen molar-refractivity contribution in [3.05, 3.63) is 35.9 Å². The van der Waals surface area contributed by atoms with Gasteiger partial charge in [-0.2, -0.15) is 0 Å². The van der Waals surface area contributed by atoms with Gasteiger partial charge in [0, 0.05) is 31.8 Å². The number of nitrogens with zero attached hydrogens (tertiary/aromatic N) is 1. The number of nitrogens with one attached hydrogen (secondary N) is 1. The third-order valence-electron chi connectivity index (χ3n) is 5.68. The van der Waals surface area contributed by atoms with Crippen LogP contribution in [-0.4, -0.2) is 47.6 Å². The number of rotatable bonds is 5. The molecule has 26 heavy (non-hydrogen) atoms. The molecule has 1 aromatic rings. The molecule has 1 aliphatic carbocycles. The van der Waals surface area contributed by atoms with E-state index in [4.69, 9.17) is 0 Å². The van der Waals surface area contributed by atoms with E-state index in [1.54, 1.807) is 11.9 Å². The van der Waals surface area contributed by atoms with Gasteiger partial charge in [0.15, 0.2) is 0 Å². The van der Waals surface area contributed by atoms with Gasteiger partial charge in [-0.05, 0) is 31.2 Å². The van der Waals surface area contributed by atoms with E-state index < -0.39 is 6.10 Å². The number of likely N-dealkylation sites (N-methyl/N-ethyl adjacent to an activating group) is 1. The Kier molecular flexibility index (Phi) is 6.81. The first-order valence-corrected chi connectivity index (χ1v) is 9.51. The van der Waals surface area contributed by atoms with Gasteiger partial charge in [-0.25, -0.2) is 0 Å². The van der Waals surface area contributed by atoms with Gasteiger partial charge in [-0.3, -0.25) is 9.59 Å². The molecule has 0 heterocycles. The fourth-order valence-electron chi connectivity index (χ4n) is 4.03. The van der Waals surface area contributed by atoms with Crippen LogP contribution in [0.5, 0.6) is 0 Å². The third-order valence-corrected chi connectivity index (χ3v) is 5.68. The molecule has 2 amide bonds. The average molecular weight is 360 g/mol. The Morgan fingerprint density at radius 1 is 1.23 bits per heavy atom. The Balaban J connectivity index is 2.26. The molecule has 144 valence electrons. The Morgan fingerprint density at radius 3 is 2.42 bits per heavy atom. The number of aliphatic hydroxyl groups is 1. The molecule has 3 atom stereocenters. The van der Waals surface area contributed by atoms with Crippen LogP contribution in [0.3, 0.4) is 0 Å². The highest BCUT2D eigenvalue weighted by atomic mass is 16.3. The van der Waals surface area contributed by atoms with Gasteiger partial charge in [0.05, 0.1) is 12.1 Å². The first-order valence-electron chi connectivity index (χ1n) is 9.51. The molecule has 0 bridgehead atoms. The lowest BCUT2D eigenvalue weighted by molar-refractivity contribution is -0.137. The number of benzene rings is 1. The summed E-state index contributed by atoms with van der Waals surface area (Å²) in [6, 6.07) is 10.0. The molecule has 2 rings (SSSR count). The van der Waals surface area contributed by atoms with Gasteiger partial charge in [0.1, 0.15) is 0 Å². The summed E-state index contributed by atoms with van der Waals surface area (Å²) in [5.41, 5.74) is 0.962. The minimum Gasteiger partial charge on any atom is -0.391 e. The van der Waals surface area contributed by atoms with Crippen LogP contribution in [0.15, 0.2) is 30.3 Å². The Morgan fingerprint density at radius 2 is 1.85 bits per heavy atom. The maximum Gasteiger partial charge on any atom is 0.225 e. The fraction of sp³-hybridized carbons (Fsp3) is 0.619. The zero-order valence-corrected chi connectivity index (χ0v) is 16.4. The largest absolute Gasteiger partial charge is 0.391 e. The number of hydrogen-bond acceptors (Lipinski definition) is 3. The Hall–Kier alpha value is -1.88. The van der Waals surface area contributed by atoms with Gasteiger partial charge >= 0.3 is 0 Å². The van der Waals surface area contributed by atoms with Crippen molar-refractivity contribution in [3.8, 4) is 0 Å². The van der Waals surface area contributed by atoms with Crippen LogP contribution in [-0.2, 0) is 15.0 Å². The molecule has 1 aromatic carbocycles. The zero-order valence-electron chi connectivity index (χ0n) is 16.4. The van der Waals surface area contributed by atoms with Crippen LogP contribution in [0.1, 0.15) is 52.0 Å². The fourth-order valence-corrected chi connectivity index (χ4v) is 4.03. The lowest BCUT2D eigenvalue weighted by Gasteiger charge is -2.34. The minimum atomic E-state index is -0.550. The summed E-state index contributed by atoms with van der Waals surface area (Å²) in [7, 11) is 1.79. The van der Waals surface area contributed by atoms with E-state index in [0.29, 0.717) is 19.4 Å². The number of carbonyl (C=O) groups is 2.